The molecular weight excluding hydrogens is 265 g/mol. The van der Waals surface area contributed by atoms with Gasteiger partial charge in [0.1, 0.15) is 6.61 Å². The lowest BCUT2D eigenvalue weighted by Gasteiger charge is -2.14. The van der Waals surface area contributed by atoms with Gasteiger partial charge in [-0.15, -0.1) is 0 Å². The maximum absolute atomic E-state index is 13.8. The minimum atomic E-state index is -0.399. The molecule has 19 heavy (non-hydrogen) atoms. The molecule has 1 unspecified atom stereocenters. The van der Waals surface area contributed by atoms with E-state index in [4.69, 9.17) is 22.1 Å². The van der Waals surface area contributed by atoms with Gasteiger partial charge < -0.3 is 10.5 Å². The second kappa shape index (κ2) is 6.04. The third-order valence-electron chi connectivity index (χ3n) is 2.78. The molecule has 0 aliphatic rings. The van der Waals surface area contributed by atoms with Crippen LogP contribution in [0, 0.1) is 5.82 Å². The predicted molar refractivity (Wildman–Crippen MR) is 74.8 cm³/mol. The molecule has 2 nitrogen and oxygen atoms in total. The van der Waals surface area contributed by atoms with Gasteiger partial charge in [0.15, 0.2) is 11.6 Å². The largest absolute Gasteiger partial charge is 0.485 e. The second-order valence-corrected chi connectivity index (χ2v) is 4.80. The summed E-state index contributed by atoms with van der Waals surface area (Å²) in [4.78, 5) is 0. The number of benzene rings is 2. The second-order valence-electron chi connectivity index (χ2n) is 4.36. The molecule has 2 aromatic carbocycles. The Kier molecular flexibility index (Phi) is 4.40. The molecule has 0 saturated heterocycles. The Balaban J connectivity index is 2.17. The summed E-state index contributed by atoms with van der Waals surface area (Å²) >= 11 is 5.80. The SMILES string of the molecule is CC(N)c1cccc(F)c1OCc1ccc(Cl)cc1. The highest BCUT2D eigenvalue weighted by atomic mass is 35.5. The zero-order chi connectivity index (χ0) is 13.8. The van der Waals surface area contributed by atoms with Crippen LogP contribution >= 0.6 is 11.6 Å². The number of nitrogens with two attached hydrogens (primary N) is 1. The monoisotopic (exact) mass is 279 g/mol. The van der Waals surface area contributed by atoms with E-state index in [0.29, 0.717) is 10.6 Å². The van der Waals surface area contributed by atoms with E-state index in [-0.39, 0.29) is 18.4 Å². The zero-order valence-electron chi connectivity index (χ0n) is 10.6. The Hall–Kier alpha value is -1.58. The highest BCUT2D eigenvalue weighted by molar-refractivity contribution is 6.30. The first kappa shape index (κ1) is 13.8. The van der Waals surface area contributed by atoms with Gasteiger partial charge >= 0.3 is 0 Å². The number of rotatable bonds is 4. The van der Waals surface area contributed by atoms with E-state index in [9.17, 15) is 4.39 Å². The van der Waals surface area contributed by atoms with E-state index in [1.54, 1.807) is 31.2 Å². The van der Waals surface area contributed by atoms with Crippen molar-refractivity contribution >= 4 is 11.6 Å². The summed E-state index contributed by atoms with van der Waals surface area (Å²) in [6, 6.07) is 11.7. The van der Waals surface area contributed by atoms with Gasteiger partial charge in [0.25, 0.3) is 0 Å². The minimum absolute atomic E-state index is 0.215. The molecule has 0 spiro atoms. The fourth-order valence-corrected chi connectivity index (χ4v) is 1.90. The quantitative estimate of drug-likeness (QED) is 0.915. The van der Waals surface area contributed by atoms with Gasteiger partial charge in [-0.25, -0.2) is 4.39 Å². The molecule has 0 heterocycles. The Morgan fingerprint density at radius 2 is 1.89 bits per heavy atom. The van der Waals surface area contributed by atoms with Crippen LogP contribution in [-0.4, -0.2) is 0 Å². The maximum Gasteiger partial charge on any atom is 0.165 e. The molecule has 2 rings (SSSR count). The van der Waals surface area contributed by atoms with Crippen LogP contribution in [0.15, 0.2) is 42.5 Å². The molecule has 0 fully saturated rings. The van der Waals surface area contributed by atoms with Crippen molar-refractivity contribution in [2.45, 2.75) is 19.6 Å². The molecule has 0 aliphatic heterocycles. The lowest BCUT2D eigenvalue weighted by atomic mass is 10.1. The van der Waals surface area contributed by atoms with Gasteiger partial charge in [0.05, 0.1) is 0 Å². The van der Waals surface area contributed by atoms with E-state index in [1.807, 2.05) is 12.1 Å². The van der Waals surface area contributed by atoms with Gasteiger partial charge in [-0.1, -0.05) is 35.9 Å². The van der Waals surface area contributed by atoms with Gasteiger partial charge in [0, 0.05) is 16.6 Å². The molecule has 2 aromatic rings. The van der Waals surface area contributed by atoms with Crippen molar-refractivity contribution in [3.05, 3.63) is 64.4 Å². The molecule has 4 heteroatoms. The maximum atomic E-state index is 13.8. The first-order chi connectivity index (χ1) is 9.08. The van der Waals surface area contributed by atoms with Crippen molar-refractivity contribution in [1.82, 2.24) is 0 Å². The van der Waals surface area contributed by atoms with Crippen molar-refractivity contribution in [3.63, 3.8) is 0 Å². The summed E-state index contributed by atoms with van der Waals surface area (Å²) in [6.07, 6.45) is 0. The summed E-state index contributed by atoms with van der Waals surface area (Å²) in [5.74, 6) is -0.184. The van der Waals surface area contributed by atoms with Crippen LogP contribution in [0.5, 0.6) is 5.75 Å². The molecule has 0 aliphatic carbocycles. The van der Waals surface area contributed by atoms with Crippen molar-refractivity contribution < 1.29 is 9.13 Å². The van der Waals surface area contributed by atoms with Crippen LogP contribution in [0.25, 0.3) is 0 Å². The number of hydrogen-bond donors (Lipinski definition) is 1. The van der Waals surface area contributed by atoms with Crippen LogP contribution < -0.4 is 10.5 Å². The highest BCUT2D eigenvalue weighted by Crippen LogP contribution is 2.27. The number of hydrogen-bond acceptors (Lipinski definition) is 2. The Morgan fingerprint density at radius 1 is 1.21 bits per heavy atom. The van der Waals surface area contributed by atoms with Crippen LogP contribution in [0.3, 0.4) is 0 Å². The molecule has 1 atom stereocenters. The average Bonchev–Trinajstić information content (AvgIpc) is 2.39. The van der Waals surface area contributed by atoms with E-state index >= 15 is 0 Å². The van der Waals surface area contributed by atoms with Crippen LogP contribution in [0.4, 0.5) is 4.39 Å². The lowest BCUT2D eigenvalue weighted by molar-refractivity contribution is 0.285. The van der Waals surface area contributed by atoms with Crippen LogP contribution in [-0.2, 0) is 6.61 Å². The summed E-state index contributed by atoms with van der Waals surface area (Å²) < 4.78 is 19.3. The van der Waals surface area contributed by atoms with Gasteiger partial charge in [-0.2, -0.15) is 0 Å². The van der Waals surface area contributed by atoms with Crippen molar-refractivity contribution in [2.24, 2.45) is 5.73 Å². The summed E-state index contributed by atoms with van der Waals surface area (Å²) in [5, 5.41) is 0.658. The minimum Gasteiger partial charge on any atom is -0.485 e. The molecule has 2 N–H and O–H groups in total. The predicted octanol–water partition coefficient (Wildman–Crippen LogP) is 4.08. The fraction of sp³-hybridized carbons (Fsp3) is 0.200. The zero-order valence-corrected chi connectivity index (χ0v) is 11.3. The van der Waals surface area contributed by atoms with E-state index in [1.165, 1.54) is 6.07 Å². The topological polar surface area (TPSA) is 35.2 Å². The summed E-state index contributed by atoms with van der Waals surface area (Å²) in [6.45, 7) is 2.07. The smallest absolute Gasteiger partial charge is 0.165 e. The normalized spacial score (nSPS) is 12.2. The highest BCUT2D eigenvalue weighted by Gasteiger charge is 2.13. The summed E-state index contributed by atoms with van der Waals surface area (Å²) in [7, 11) is 0. The Bertz CT molecular complexity index is 555. The fourth-order valence-electron chi connectivity index (χ4n) is 1.77. The van der Waals surface area contributed by atoms with E-state index in [2.05, 4.69) is 0 Å². The first-order valence-electron chi connectivity index (χ1n) is 5.99. The number of para-hydroxylation sites is 1. The average molecular weight is 280 g/mol. The number of halogens is 2. The molecular formula is C15H15ClFNO. The lowest BCUT2D eigenvalue weighted by Crippen LogP contribution is -2.09. The van der Waals surface area contributed by atoms with E-state index in [0.717, 1.165) is 5.56 Å². The van der Waals surface area contributed by atoms with Crippen molar-refractivity contribution in [2.75, 3.05) is 0 Å². The standard InChI is InChI=1S/C15H15ClFNO/c1-10(18)13-3-2-4-14(17)15(13)19-9-11-5-7-12(16)8-6-11/h2-8,10H,9,18H2,1H3. The van der Waals surface area contributed by atoms with Gasteiger partial charge in [-0.05, 0) is 30.7 Å². The molecule has 100 valence electrons. The first-order valence-corrected chi connectivity index (χ1v) is 6.37. The molecule has 0 bridgehead atoms. The Labute approximate surface area is 117 Å². The summed E-state index contributed by atoms with van der Waals surface area (Å²) in [5.41, 5.74) is 7.39. The molecule has 0 saturated carbocycles. The molecule has 0 aromatic heterocycles. The van der Waals surface area contributed by atoms with Gasteiger partial charge in [-0.3, -0.25) is 0 Å². The molecule has 0 amide bonds. The molecule has 0 radical (unpaired) electrons. The van der Waals surface area contributed by atoms with Gasteiger partial charge in [0.2, 0.25) is 0 Å². The third-order valence-corrected chi connectivity index (χ3v) is 3.04. The van der Waals surface area contributed by atoms with Crippen molar-refractivity contribution in [3.8, 4) is 5.75 Å². The third kappa shape index (κ3) is 3.46. The Morgan fingerprint density at radius 3 is 2.53 bits per heavy atom. The van der Waals surface area contributed by atoms with E-state index < -0.39 is 5.82 Å². The van der Waals surface area contributed by atoms with Crippen molar-refractivity contribution in [1.29, 1.82) is 0 Å². The van der Waals surface area contributed by atoms with Crippen LogP contribution in [0.1, 0.15) is 24.1 Å². The van der Waals surface area contributed by atoms with Crippen LogP contribution in [0.2, 0.25) is 5.02 Å². The number of ether oxygens (including phenoxy) is 1.